The van der Waals surface area contributed by atoms with Gasteiger partial charge in [-0.15, -0.1) is 10.2 Å². The van der Waals surface area contributed by atoms with E-state index in [-0.39, 0.29) is 39.6 Å². The Kier molecular flexibility index (Phi) is 7.07. The van der Waals surface area contributed by atoms with Crippen LogP contribution in [0.1, 0.15) is 11.1 Å². The van der Waals surface area contributed by atoms with Crippen LogP contribution in [0.4, 0.5) is 17.1 Å². The Bertz CT molecular complexity index is 1800. The summed E-state index contributed by atoms with van der Waals surface area (Å²) in [4.78, 5) is -1.58. The Balaban J connectivity index is 0.00000361. The zero-order valence-corrected chi connectivity index (χ0v) is 21.1. The molecule has 11 nitrogen and oxygen atoms in total. The van der Waals surface area contributed by atoms with Gasteiger partial charge in [-0.25, -0.2) is 0 Å². The maximum Gasteiger partial charge on any atom is 0.295 e. The third-order valence-electron chi connectivity index (χ3n) is 5.40. The van der Waals surface area contributed by atoms with Gasteiger partial charge in [0.15, 0.2) is 11.5 Å². The quantitative estimate of drug-likeness (QED) is 0.0996. The largest absolute Gasteiger partial charge is 0.505 e. The van der Waals surface area contributed by atoms with E-state index >= 15 is 0 Å². The molecule has 4 rings (SSSR count). The number of rotatable bonds is 4. The Hall–Kier alpha value is -3.26. The van der Waals surface area contributed by atoms with Crippen LogP contribution in [0.2, 0.25) is 0 Å². The molecule has 0 fully saturated rings. The van der Waals surface area contributed by atoms with Gasteiger partial charge in [0.25, 0.3) is 20.2 Å². The van der Waals surface area contributed by atoms with E-state index < -0.39 is 46.9 Å². The van der Waals surface area contributed by atoms with Gasteiger partial charge in [-0.05, 0) is 54.6 Å². The predicted molar refractivity (Wildman–Crippen MR) is 129 cm³/mol. The second-order valence-electron chi connectivity index (χ2n) is 7.91. The summed E-state index contributed by atoms with van der Waals surface area (Å²) in [5.41, 5.74) is 7.09. The van der Waals surface area contributed by atoms with Gasteiger partial charge in [0.2, 0.25) is 0 Å². The molecule has 6 N–H and O–H groups in total. The summed E-state index contributed by atoms with van der Waals surface area (Å²) in [6, 6.07) is 9.16. The van der Waals surface area contributed by atoms with Gasteiger partial charge in [-0.1, -0.05) is 18.2 Å². The van der Waals surface area contributed by atoms with Gasteiger partial charge in [0.1, 0.15) is 21.2 Å². The number of nitrogens with zero attached hydrogens (tertiary/aromatic N) is 2. The molecule has 14 heteroatoms. The number of hydrogen-bond acceptors (Lipinski definition) is 9. The normalized spacial score (nSPS) is 12.3. The van der Waals surface area contributed by atoms with Crippen molar-refractivity contribution in [2.45, 2.75) is 23.6 Å². The molecule has 4 aromatic rings. The molecule has 0 aliphatic carbocycles. The van der Waals surface area contributed by atoms with Gasteiger partial charge in [-0.2, -0.15) is 16.8 Å². The van der Waals surface area contributed by atoms with E-state index in [2.05, 4.69) is 10.2 Å². The van der Waals surface area contributed by atoms with Crippen LogP contribution < -0.4 is 5.73 Å². The number of phenolic OH excluding ortho intramolecular Hbond substituents is 2. The average Bonchev–Trinajstić information content (AvgIpc) is 2.72. The first-order valence-corrected chi connectivity index (χ1v) is 12.8. The minimum Gasteiger partial charge on any atom is -0.505 e. The molecule has 193 valence electrons. The molecule has 0 aliphatic heterocycles. The molecule has 0 saturated heterocycles. The van der Waals surface area contributed by atoms with Crippen LogP contribution in [0.3, 0.4) is 0 Å². The summed E-state index contributed by atoms with van der Waals surface area (Å²) in [6.07, 6.45) is 0. The van der Waals surface area contributed by atoms with Crippen molar-refractivity contribution in [1.29, 1.82) is 0 Å². The van der Waals surface area contributed by atoms with E-state index in [0.29, 0.717) is 16.3 Å². The maximum absolute atomic E-state index is 12.0. The number of azo groups is 1. The maximum atomic E-state index is 12.0. The first-order chi connectivity index (χ1) is 16.2. The molecule has 0 bridgehead atoms. The summed E-state index contributed by atoms with van der Waals surface area (Å²) < 4.78 is 67.0. The fourth-order valence-corrected chi connectivity index (χ4v) is 5.37. The van der Waals surface area contributed by atoms with E-state index in [4.69, 9.17) is 5.73 Å². The summed E-state index contributed by atoms with van der Waals surface area (Å²) in [5, 5.41) is 29.3. The summed E-state index contributed by atoms with van der Waals surface area (Å²) in [7, 11) is -9.83. The molecule has 0 unspecified atom stereocenters. The molecule has 0 saturated carbocycles. The number of aromatic hydroxyl groups is 2. The fourth-order valence-electron chi connectivity index (χ4n) is 3.95. The van der Waals surface area contributed by atoms with Crippen molar-refractivity contribution in [2.24, 2.45) is 10.2 Å². The number of hydrogen-bond donors (Lipinski definition) is 5. The van der Waals surface area contributed by atoms with Gasteiger partial charge in [-0.3, -0.25) is 9.11 Å². The SMILES string of the molecule is Cc1cc(N)c2c(O)c(N=Nc3cc(S(=O)(=O)O)c4cccc(S(=O)(=O)O)c4c3O)c(C)cc2c1.[Cu]. The van der Waals surface area contributed by atoms with Crippen molar-refractivity contribution < 1.29 is 53.2 Å². The van der Waals surface area contributed by atoms with Gasteiger partial charge >= 0.3 is 0 Å². The molecular weight excluding hydrogens is 562 g/mol. The molecule has 1 radical (unpaired) electrons. The monoisotopic (exact) mass is 580 g/mol. The molecule has 0 atom stereocenters. The van der Waals surface area contributed by atoms with Gasteiger partial charge < -0.3 is 15.9 Å². The van der Waals surface area contributed by atoms with E-state index in [0.717, 1.165) is 29.8 Å². The van der Waals surface area contributed by atoms with Crippen LogP contribution in [-0.4, -0.2) is 36.2 Å². The number of phenols is 2. The Morgan fingerprint density at radius 3 is 2.06 bits per heavy atom. The summed E-state index contributed by atoms with van der Waals surface area (Å²) in [5.74, 6) is -1.13. The van der Waals surface area contributed by atoms with E-state index in [9.17, 15) is 36.2 Å². The zero-order chi connectivity index (χ0) is 25.9. The first-order valence-electron chi connectivity index (χ1n) is 9.88. The number of nitrogen functional groups attached to an aromatic ring is 1. The third kappa shape index (κ3) is 4.74. The van der Waals surface area contributed by atoms with Crippen molar-refractivity contribution in [3.05, 3.63) is 53.6 Å². The fraction of sp³-hybridized carbons (Fsp3) is 0.0909. The number of aryl methyl sites for hydroxylation is 2. The van der Waals surface area contributed by atoms with Gasteiger partial charge in [0.05, 0.1) is 0 Å². The molecule has 0 amide bonds. The molecule has 0 heterocycles. The van der Waals surface area contributed by atoms with Crippen LogP contribution in [0, 0.1) is 13.8 Å². The van der Waals surface area contributed by atoms with Crippen LogP contribution >= 0.6 is 0 Å². The molecule has 0 aliphatic rings. The summed E-state index contributed by atoms with van der Waals surface area (Å²) in [6.45, 7) is 3.47. The van der Waals surface area contributed by atoms with Gasteiger partial charge in [0, 0.05) is 38.9 Å². The topological polar surface area (TPSA) is 200 Å². The average molecular weight is 581 g/mol. The first kappa shape index (κ1) is 27.3. The molecule has 4 aromatic carbocycles. The molecule has 0 spiro atoms. The van der Waals surface area contributed by atoms with Crippen molar-refractivity contribution in [3.8, 4) is 11.5 Å². The van der Waals surface area contributed by atoms with E-state index in [1.165, 1.54) is 0 Å². The van der Waals surface area contributed by atoms with Crippen LogP contribution in [0.25, 0.3) is 21.5 Å². The Labute approximate surface area is 216 Å². The minimum absolute atomic E-state index is 0. The molecule has 0 aromatic heterocycles. The molecular formula is C22H19CuN3O8S2. The van der Waals surface area contributed by atoms with E-state index in [1.807, 2.05) is 13.0 Å². The molecule has 36 heavy (non-hydrogen) atoms. The van der Waals surface area contributed by atoms with Crippen LogP contribution in [0.5, 0.6) is 11.5 Å². The van der Waals surface area contributed by atoms with Crippen LogP contribution in [-0.2, 0) is 37.3 Å². The summed E-state index contributed by atoms with van der Waals surface area (Å²) >= 11 is 0. The Morgan fingerprint density at radius 2 is 1.44 bits per heavy atom. The van der Waals surface area contributed by atoms with Crippen molar-refractivity contribution in [3.63, 3.8) is 0 Å². The number of nitrogens with two attached hydrogens (primary N) is 1. The second kappa shape index (κ2) is 9.32. The standard InChI is InChI=1S/C22H19N3O8S2.Cu/c1-10-6-12-8-11(2)20(22(27)18(12)14(23)7-10)25-24-15-9-17(35(31,32)33)13-4-3-5-16(34(28,29)30)19(13)21(15)26;/h3-9,26-27H,23H2,1-2H3,(H,28,29,30)(H,31,32,33);. The number of benzene rings is 4. The van der Waals surface area contributed by atoms with Crippen molar-refractivity contribution in [1.82, 2.24) is 0 Å². The van der Waals surface area contributed by atoms with Crippen molar-refractivity contribution >= 4 is 58.8 Å². The third-order valence-corrected chi connectivity index (χ3v) is 7.19. The van der Waals surface area contributed by atoms with Crippen LogP contribution in [0.15, 0.2) is 62.5 Å². The minimum atomic E-state index is -4.92. The predicted octanol–water partition coefficient (Wildman–Crippen LogP) is 4.51. The second-order valence-corrected chi connectivity index (χ2v) is 10.7. The Morgan fingerprint density at radius 1 is 0.806 bits per heavy atom. The van der Waals surface area contributed by atoms with Crippen molar-refractivity contribution in [2.75, 3.05) is 5.73 Å². The smallest absolute Gasteiger partial charge is 0.295 e. The number of fused-ring (bicyclic) bond motifs is 2. The zero-order valence-electron chi connectivity index (χ0n) is 18.6. The number of anilines is 1. The van der Waals surface area contributed by atoms with E-state index in [1.54, 1.807) is 19.1 Å².